The molecule has 1 N–H and O–H groups in total. The zero-order valence-electron chi connectivity index (χ0n) is 11.8. The number of nitrogens with one attached hydrogen (secondary N) is 1. The summed E-state index contributed by atoms with van der Waals surface area (Å²) in [4.78, 5) is 22.4. The lowest BCUT2D eigenvalue weighted by Crippen LogP contribution is -2.24. The average molecular weight is 292 g/mol. The van der Waals surface area contributed by atoms with Gasteiger partial charge in [-0.05, 0) is 13.8 Å². The first kappa shape index (κ1) is 14.7. The van der Waals surface area contributed by atoms with Gasteiger partial charge in [0.05, 0.1) is 11.1 Å². The summed E-state index contributed by atoms with van der Waals surface area (Å²) in [6.07, 6.45) is 4.70. The second-order valence-corrected chi connectivity index (χ2v) is 4.36. The first-order chi connectivity index (χ1) is 10.0. The van der Waals surface area contributed by atoms with Crippen LogP contribution >= 0.6 is 0 Å². The monoisotopic (exact) mass is 292 g/mol. The second kappa shape index (κ2) is 6.16. The standard InChI is InChI=1S/C12H16N6O3/c1-3-16-7-9(6-14-16)5-13-12(19)11-10(18(20)21)8-17(4-2)15-11/h6-8H,3-5H2,1-2H3,(H,13,19). The lowest BCUT2D eigenvalue weighted by Gasteiger charge is -2.00. The van der Waals surface area contributed by atoms with E-state index in [2.05, 4.69) is 15.5 Å². The number of nitro groups is 1. The van der Waals surface area contributed by atoms with Crippen molar-refractivity contribution in [2.75, 3.05) is 0 Å². The maximum absolute atomic E-state index is 12.0. The van der Waals surface area contributed by atoms with Crippen molar-refractivity contribution in [1.82, 2.24) is 24.9 Å². The van der Waals surface area contributed by atoms with Gasteiger partial charge in [-0.15, -0.1) is 0 Å². The Morgan fingerprint density at radius 2 is 2.05 bits per heavy atom. The topological polar surface area (TPSA) is 108 Å². The number of carbonyl (C=O) groups is 1. The largest absolute Gasteiger partial charge is 0.346 e. The first-order valence-electron chi connectivity index (χ1n) is 6.56. The molecule has 2 heterocycles. The van der Waals surface area contributed by atoms with E-state index in [9.17, 15) is 14.9 Å². The number of nitrogens with zero attached hydrogens (tertiary/aromatic N) is 5. The number of amides is 1. The number of aryl methyl sites for hydroxylation is 2. The summed E-state index contributed by atoms with van der Waals surface area (Å²) in [6, 6.07) is 0. The van der Waals surface area contributed by atoms with Crippen molar-refractivity contribution in [1.29, 1.82) is 0 Å². The summed E-state index contributed by atoms with van der Waals surface area (Å²) in [5.74, 6) is -0.571. The molecule has 0 fully saturated rings. The Morgan fingerprint density at radius 3 is 2.62 bits per heavy atom. The van der Waals surface area contributed by atoms with E-state index in [4.69, 9.17) is 0 Å². The van der Waals surface area contributed by atoms with Crippen LogP contribution in [0.4, 0.5) is 5.69 Å². The fourth-order valence-corrected chi connectivity index (χ4v) is 1.80. The zero-order valence-corrected chi connectivity index (χ0v) is 11.8. The molecule has 9 heteroatoms. The van der Waals surface area contributed by atoms with Crippen LogP contribution in [0.25, 0.3) is 0 Å². The number of carbonyl (C=O) groups excluding carboxylic acids is 1. The molecule has 9 nitrogen and oxygen atoms in total. The molecule has 0 aliphatic carbocycles. The van der Waals surface area contributed by atoms with E-state index in [1.165, 1.54) is 10.9 Å². The normalized spacial score (nSPS) is 10.6. The van der Waals surface area contributed by atoms with Gasteiger partial charge >= 0.3 is 5.69 Å². The van der Waals surface area contributed by atoms with Crippen LogP contribution in [0.3, 0.4) is 0 Å². The molecule has 1 amide bonds. The van der Waals surface area contributed by atoms with E-state index in [0.717, 1.165) is 12.1 Å². The fourth-order valence-electron chi connectivity index (χ4n) is 1.80. The molecule has 0 unspecified atom stereocenters. The van der Waals surface area contributed by atoms with Gasteiger partial charge in [-0.3, -0.25) is 24.3 Å². The highest BCUT2D eigenvalue weighted by Gasteiger charge is 2.25. The van der Waals surface area contributed by atoms with Crippen LogP contribution in [0.15, 0.2) is 18.6 Å². The summed E-state index contributed by atoms with van der Waals surface area (Å²) in [5, 5.41) is 21.6. The summed E-state index contributed by atoms with van der Waals surface area (Å²) < 4.78 is 3.10. The summed E-state index contributed by atoms with van der Waals surface area (Å²) in [6.45, 7) is 5.18. The molecule has 0 saturated carbocycles. The van der Waals surface area contributed by atoms with Crippen LogP contribution < -0.4 is 5.32 Å². The molecular formula is C12H16N6O3. The van der Waals surface area contributed by atoms with Crippen LogP contribution in [0, 0.1) is 10.1 Å². The molecule has 0 atom stereocenters. The molecule has 0 aromatic carbocycles. The Bertz CT molecular complexity index is 660. The molecule has 0 spiro atoms. The number of hydrogen-bond acceptors (Lipinski definition) is 5. The Kier molecular flexibility index (Phi) is 4.31. The summed E-state index contributed by atoms with van der Waals surface area (Å²) >= 11 is 0. The fraction of sp³-hybridized carbons (Fsp3) is 0.417. The van der Waals surface area contributed by atoms with Crippen molar-refractivity contribution >= 4 is 11.6 Å². The molecule has 0 bridgehead atoms. The Hall–Kier alpha value is -2.71. The maximum atomic E-state index is 12.0. The van der Waals surface area contributed by atoms with E-state index in [1.807, 2.05) is 6.92 Å². The molecule has 2 aromatic rings. The third-order valence-corrected chi connectivity index (χ3v) is 2.94. The summed E-state index contributed by atoms with van der Waals surface area (Å²) in [7, 11) is 0. The number of aromatic nitrogens is 4. The number of rotatable bonds is 6. The van der Waals surface area contributed by atoms with Crippen molar-refractivity contribution in [2.45, 2.75) is 33.5 Å². The SMILES string of the molecule is CCn1cc(CNC(=O)c2nn(CC)cc2[N+](=O)[O-])cn1. The average Bonchev–Trinajstić information content (AvgIpc) is 3.11. The van der Waals surface area contributed by atoms with Crippen LogP contribution in [0.1, 0.15) is 29.9 Å². The Balaban J connectivity index is 2.09. The Morgan fingerprint density at radius 1 is 1.33 bits per heavy atom. The van der Waals surface area contributed by atoms with Gasteiger partial charge in [-0.25, -0.2) is 0 Å². The zero-order chi connectivity index (χ0) is 15.4. The van der Waals surface area contributed by atoms with Crippen molar-refractivity contribution in [3.05, 3.63) is 40.0 Å². The van der Waals surface area contributed by atoms with E-state index in [-0.39, 0.29) is 17.9 Å². The molecule has 21 heavy (non-hydrogen) atoms. The highest BCUT2D eigenvalue weighted by molar-refractivity contribution is 5.95. The molecular weight excluding hydrogens is 276 g/mol. The third-order valence-electron chi connectivity index (χ3n) is 2.94. The van der Waals surface area contributed by atoms with Crippen LogP contribution in [-0.2, 0) is 19.6 Å². The van der Waals surface area contributed by atoms with Crippen molar-refractivity contribution in [2.24, 2.45) is 0 Å². The predicted octanol–water partition coefficient (Wildman–Crippen LogP) is 0.958. The lowest BCUT2D eigenvalue weighted by molar-refractivity contribution is -0.385. The smallest absolute Gasteiger partial charge is 0.320 e. The molecule has 0 aliphatic heterocycles. The van der Waals surface area contributed by atoms with Gasteiger partial charge in [0.2, 0.25) is 5.69 Å². The molecule has 112 valence electrons. The maximum Gasteiger partial charge on any atom is 0.320 e. The first-order valence-corrected chi connectivity index (χ1v) is 6.56. The van der Waals surface area contributed by atoms with Gasteiger partial charge < -0.3 is 5.32 Å². The van der Waals surface area contributed by atoms with Gasteiger partial charge in [-0.2, -0.15) is 10.2 Å². The van der Waals surface area contributed by atoms with Gasteiger partial charge in [-0.1, -0.05) is 0 Å². The molecule has 0 saturated heterocycles. The Labute approximate surface area is 120 Å². The molecule has 0 aliphatic rings. The molecule has 2 aromatic heterocycles. The van der Waals surface area contributed by atoms with Gasteiger partial charge in [0.25, 0.3) is 5.91 Å². The van der Waals surface area contributed by atoms with Crippen LogP contribution in [0.5, 0.6) is 0 Å². The third kappa shape index (κ3) is 3.25. The minimum atomic E-state index is -0.608. The number of hydrogen-bond donors (Lipinski definition) is 1. The van der Waals surface area contributed by atoms with Gasteiger partial charge in [0.1, 0.15) is 6.20 Å². The minimum Gasteiger partial charge on any atom is -0.346 e. The second-order valence-electron chi connectivity index (χ2n) is 4.36. The molecule has 0 radical (unpaired) electrons. The van der Waals surface area contributed by atoms with Crippen molar-refractivity contribution in [3.63, 3.8) is 0 Å². The molecule has 2 rings (SSSR count). The minimum absolute atomic E-state index is 0.176. The van der Waals surface area contributed by atoms with E-state index >= 15 is 0 Å². The van der Waals surface area contributed by atoms with E-state index < -0.39 is 10.8 Å². The highest BCUT2D eigenvalue weighted by atomic mass is 16.6. The van der Waals surface area contributed by atoms with Crippen LogP contribution in [-0.4, -0.2) is 30.4 Å². The quantitative estimate of drug-likeness (QED) is 0.630. The van der Waals surface area contributed by atoms with Crippen LogP contribution in [0.2, 0.25) is 0 Å². The van der Waals surface area contributed by atoms with E-state index in [1.54, 1.807) is 24.0 Å². The predicted molar refractivity (Wildman–Crippen MR) is 73.6 cm³/mol. The highest BCUT2D eigenvalue weighted by Crippen LogP contribution is 2.16. The van der Waals surface area contributed by atoms with Crippen molar-refractivity contribution in [3.8, 4) is 0 Å². The van der Waals surface area contributed by atoms with Gasteiger partial charge in [0, 0.05) is 31.4 Å². The van der Waals surface area contributed by atoms with E-state index in [0.29, 0.717) is 6.54 Å². The van der Waals surface area contributed by atoms with Crippen molar-refractivity contribution < 1.29 is 9.72 Å². The summed E-state index contributed by atoms with van der Waals surface area (Å²) in [5.41, 5.74) is 0.353. The lowest BCUT2D eigenvalue weighted by atomic mass is 10.3. The van der Waals surface area contributed by atoms with Gasteiger partial charge in [0.15, 0.2) is 0 Å².